The fraction of sp³-hybridized carbons (Fsp3) is 0.125. The van der Waals surface area contributed by atoms with Crippen LogP contribution in [0.2, 0.25) is 0 Å². The van der Waals surface area contributed by atoms with Crippen LogP contribution in [0.15, 0.2) is 48.7 Å². The minimum atomic E-state index is 1.03. The van der Waals surface area contributed by atoms with Crippen molar-refractivity contribution in [1.82, 2.24) is 4.98 Å². The van der Waals surface area contributed by atoms with Crippen molar-refractivity contribution in [1.29, 1.82) is 0 Å². The van der Waals surface area contributed by atoms with Crippen LogP contribution in [0.3, 0.4) is 0 Å². The topological polar surface area (TPSA) is 14.1 Å². The van der Waals surface area contributed by atoms with Gasteiger partial charge in [-0.05, 0) is 30.5 Å². The molecule has 2 rings (SSSR count). The van der Waals surface area contributed by atoms with E-state index < -0.39 is 0 Å². The van der Waals surface area contributed by atoms with Gasteiger partial charge in [-0.3, -0.25) is 0 Å². The van der Waals surface area contributed by atoms with Crippen molar-refractivity contribution in [2.24, 2.45) is 0 Å². The second-order valence-corrected chi connectivity index (χ2v) is 3.98. The molecule has 0 radical (unpaired) electrons. The molecule has 86 valence electrons. The lowest BCUT2D eigenvalue weighted by molar-refractivity contribution is 1.33. The Morgan fingerprint density at radius 1 is 1.12 bits per heavy atom. The van der Waals surface area contributed by atoms with E-state index in [1.54, 1.807) is 0 Å². The second-order valence-electron chi connectivity index (χ2n) is 3.98. The SMILES string of the molecule is C/C=C/c1[n-]ccc1/C=C(\C)c1ccccc1. The van der Waals surface area contributed by atoms with Crippen molar-refractivity contribution in [2.45, 2.75) is 13.8 Å². The van der Waals surface area contributed by atoms with E-state index in [4.69, 9.17) is 0 Å². The van der Waals surface area contributed by atoms with Gasteiger partial charge in [-0.15, -0.1) is 5.69 Å². The normalized spacial score (nSPS) is 12.2. The summed E-state index contributed by atoms with van der Waals surface area (Å²) in [5.74, 6) is 0. The summed E-state index contributed by atoms with van der Waals surface area (Å²) >= 11 is 0. The molecule has 1 nitrogen and oxygen atoms in total. The van der Waals surface area contributed by atoms with E-state index in [0.29, 0.717) is 0 Å². The lowest BCUT2D eigenvalue weighted by atomic mass is 10.0. The summed E-state index contributed by atoms with van der Waals surface area (Å²) in [6, 6.07) is 12.4. The Morgan fingerprint density at radius 3 is 2.59 bits per heavy atom. The van der Waals surface area contributed by atoms with E-state index in [0.717, 1.165) is 5.69 Å². The van der Waals surface area contributed by atoms with Gasteiger partial charge in [0.1, 0.15) is 0 Å². The first kappa shape index (κ1) is 11.5. The molecule has 2 aromatic rings. The van der Waals surface area contributed by atoms with E-state index >= 15 is 0 Å². The third kappa shape index (κ3) is 2.76. The number of hydrogen-bond donors (Lipinski definition) is 0. The van der Waals surface area contributed by atoms with Crippen LogP contribution in [-0.2, 0) is 0 Å². The zero-order valence-electron chi connectivity index (χ0n) is 10.2. The van der Waals surface area contributed by atoms with Crippen LogP contribution in [0, 0.1) is 0 Å². The molecule has 0 unspecified atom stereocenters. The summed E-state index contributed by atoms with van der Waals surface area (Å²) in [4.78, 5) is 4.32. The van der Waals surface area contributed by atoms with Crippen molar-refractivity contribution in [3.05, 3.63) is 65.5 Å². The fourth-order valence-electron chi connectivity index (χ4n) is 1.79. The molecule has 0 aliphatic carbocycles. The van der Waals surface area contributed by atoms with Gasteiger partial charge in [0.2, 0.25) is 0 Å². The Hall–Kier alpha value is -2.02. The Labute approximate surface area is 103 Å². The molecule has 0 atom stereocenters. The molecule has 0 amide bonds. The van der Waals surface area contributed by atoms with Crippen LogP contribution in [0.4, 0.5) is 0 Å². The number of hydrogen-bond acceptors (Lipinski definition) is 0. The average molecular weight is 222 g/mol. The first-order valence-corrected chi connectivity index (χ1v) is 5.79. The molecule has 1 aromatic heterocycles. The molecule has 0 aliphatic heterocycles. The third-order valence-corrected chi connectivity index (χ3v) is 2.69. The third-order valence-electron chi connectivity index (χ3n) is 2.69. The number of nitrogens with zero attached hydrogens (tertiary/aromatic N) is 1. The number of rotatable bonds is 3. The summed E-state index contributed by atoms with van der Waals surface area (Å²) < 4.78 is 0. The molecule has 0 saturated heterocycles. The Kier molecular flexibility index (Phi) is 3.61. The van der Waals surface area contributed by atoms with Gasteiger partial charge in [-0.25, -0.2) is 0 Å². The highest BCUT2D eigenvalue weighted by atomic mass is 14.7. The Morgan fingerprint density at radius 2 is 1.88 bits per heavy atom. The fourth-order valence-corrected chi connectivity index (χ4v) is 1.79. The number of benzene rings is 1. The quantitative estimate of drug-likeness (QED) is 0.757. The smallest absolute Gasteiger partial charge is 0.0227 e. The van der Waals surface area contributed by atoms with Gasteiger partial charge < -0.3 is 4.98 Å². The van der Waals surface area contributed by atoms with Crippen LogP contribution in [-0.4, -0.2) is 0 Å². The molecule has 0 N–H and O–H groups in total. The molecule has 17 heavy (non-hydrogen) atoms. The van der Waals surface area contributed by atoms with Gasteiger partial charge in [0.25, 0.3) is 0 Å². The molecule has 1 aromatic carbocycles. The lowest BCUT2D eigenvalue weighted by Crippen LogP contribution is -1.81. The highest BCUT2D eigenvalue weighted by Gasteiger charge is 1.95. The molecule has 0 fully saturated rings. The van der Waals surface area contributed by atoms with E-state index in [1.165, 1.54) is 16.7 Å². The molecule has 0 saturated carbocycles. The largest absolute Gasteiger partial charge is 0.664 e. The van der Waals surface area contributed by atoms with Gasteiger partial charge in [0.15, 0.2) is 0 Å². The van der Waals surface area contributed by atoms with Crippen LogP contribution >= 0.6 is 0 Å². The monoisotopic (exact) mass is 222 g/mol. The van der Waals surface area contributed by atoms with E-state index in [9.17, 15) is 0 Å². The zero-order chi connectivity index (χ0) is 12.1. The second kappa shape index (κ2) is 5.35. The lowest BCUT2D eigenvalue weighted by Gasteiger charge is -2.05. The van der Waals surface area contributed by atoms with E-state index in [2.05, 4.69) is 42.2 Å². The summed E-state index contributed by atoms with van der Waals surface area (Å²) in [5.41, 5.74) is 4.71. The zero-order valence-corrected chi connectivity index (χ0v) is 10.2. The van der Waals surface area contributed by atoms with Crippen molar-refractivity contribution in [2.75, 3.05) is 0 Å². The van der Waals surface area contributed by atoms with Crippen molar-refractivity contribution in [3.8, 4) is 0 Å². The summed E-state index contributed by atoms with van der Waals surface area (Å²) in [6.45, 7) is 4.13. The molecule has 0 spiro atoms. The molecule has 0 aliphatic rings. The van der Waals surface area contributed by atoms with Gasteiger partial charge in [0.05, 0.1) is 0 Å². The maximum Gasteiger partial charge on any atom is -0.0227 e. The number of aromatic nitrogens is 1. The maximum absolute atomic E-state index is 4.32. The minimum Gasteiger partial charge on any atom is -0.664 e. The van der Waals surface area contributed by atoms with Gasteiger partial charge >= 0.3 is 0 Å². The predicted molar refractivity (Wildman–Crippen MR) is 74.5 cm³/mol. The molecule has 1 heteroatoms. The van der Waals surface area contributed by atoms with Crippen LogP contribution < -0.4 is 4.98 Å². The average Bonchev–Trinajstić information content (AvgIpc) is 2.78. The highest BCUT2D eigenvalue weighted by Crippen LogP contribution is 2.19. The summed E-state index contributed by atoms with van der Waals surface area (Å²) in [7, 11) is 0. The predicted octanol–water partition coefficient (Wildman–Crippen LogP) is 4.24. The Balaban J connectivity index is 2.33. The highest BCUT2D eigenvalue weighted by molar-refractivity contribution is 5.82. The molecule has 0 bridgehead atoms. The van der Waals surface area contributed by atoms with Crippen LogP contribution in [0.1, 0.15) is 30.7 Å². The number of allylic oxidation sites excluding steroid dienone is 2. The summed E-state index contributed by atoms with van der Waals surface area (Å²) in [5, 5.41) is 0. The minimum absolute atomic E-state index is 1.03. The molecular weight excluding hydrogens is 206 g/mol. The van der Waals surface area contributed by atoms with E-state index in [-0.39, 0.29) is 0 Å². The Bertz CT molecular complexity index is 530. The van der Waals surface area contributed by atoms with Crippen LogP contribution in [0.25, 0.3) is 17.7 Å². The molecular formula is C16H16N-. The van der Waals surface area contributed by atoms with Crippen molar-refractivity contribution in [3.63, 3.8) is 0 Å². The van der Waals surface area contributed by atoms with E-state index in [1.807, 2.05) is 37.4 Å². The van der Waals surface area contributed by atoms with Gasteiger partial charge in [0, 0.05) is 0 Å². The van der Waals surface area contributed by atoms with Gasteiger partial charge in [-0.2, -0.15) is 6.20 Å². The first-order chi connectivity index (χ1) is 8.31. The van der Waals surface area contributed by atoms with Crippen molar-refractivity contribution < 1.29 is 0 Å². The standard InChI is InChI=1S/C16H16N/c1-3-7-16-15(10-11-17-16)12-13(2)14-8-5-4-6-9-14/h3-12H,1-2H3/q-1/b7-3+,13-12+. The summed E-state index contributed by atoms with van der Waals surface area (Å²) in [6.07, 6.45) is 8.07. The first-order valence-electron chi connectivity index (χ1n) is 5.79. The molecule has 1 heterocycles. The van der Waals surface area contributed by atoms with Crippen molar-refractivity contribution >= 4 is 17.7 Å². The van der Waals surface area contributed by atoms with Gasteiger partial charge in [-0.1, -0.05) is 54.6 Å². The maximum atomic E-state index is 4.32. The van der Waals surface area contributed by atoms with Crippen LogP contribution in [0.5, 0.6) is 0 Å².